The SMILES string of the molecule is Cc1c(C#N)c(O)n(CCO)c(=O)c1N=Nc1cc(Cl)cc(Cl)c1. The second kappa shape index (κ2) is 7.45. The van der Waals surface area contributed by atoms with Crippen LogP contribution in [0.5, 0.6) is 5.88 Å². The number of benzene rings is 1. The van der Waals surface area contributed by atoms with Crippen molar-refractivity contribution in [2.75, 3.05) is 6.61 Å². The quantitative estimate of drug-likeness (QED) is 0.806. The first-order chi connectivity index (χ1) is 11.4. The van der Waals surface area contributed by atoms with Gasteiger partial charge >= 0.3 is 0 Å². The summed E-state index contributed by atoms with van der Waals surface area (Å²) in [7, 11) is 0. The van der Waals surface area contributed by atoms with Gasteiger partial charge in [0, 0.05) is 15.6 Å². The number of aromatic hydroxyl groups is 1. The molecule has 1 aromatic heterocycles. The molecule has 124 valence electrons. The lowest BCUT2D eigenvalue weighted by atomic mass is 10.1. The van der Waals surface area contributed by atoms with Crippen molar-refractivity contribution in [2.45, 2.75) is 13.5 Å². The van der Waals surface area contributed by atoms with Gasteiger partial charge in [0.15, 0.2) is 5.69 Å². The van der Waals surface area contributed by atoms with E-state index in [2.05, 4.69) is 10.2 Å². The molecular formula is C15H12Cl2N4O3. The highest BCUT2D eigenvalue weighted by molar-refractivity contribution is 6.35. The molecular weight excluding hydrogens is 355 g/mol. The van der Waals surface area contributed by atoms with E-state index in [4.69, 9.17) is 28.3 Å². The molecule has 0 aliphatic carbocycles. The topological polar surface area (TPSA) is 111 Å². The molecule has 0 atom stereocenters. The van der Waals surface area contributed by atoms with Gasteiger partial charge < -0.3 is 10.2 Å². The number of azo groups is 1. The molecule has 2 N–H and O–H groups in total. The number of aromatic nitrogens is 1. The number of rotatable bonds is 4. The van der Waals surface area contributed by atoms with Crippen LogP contribution in [0.3, 0.4) is 0 Å². The molecule has 0 radical (unpaired) electrons. The Morgan fingerprint density at radius 2 is 1.88 bits per heavy atom. The van der Waals surface area contributed by atoms with Crippen LogP contribution in [0.25, 0.3) is 0 Å². The van der Waals surface area contributed by atoms with Gasteiger partial charge in [0.1, 0.15) is 11.6 Å². The van der Waals surface area contributed by atoms with Gasteiger partial charge in [-0.15, -0.1) is 5.11 Å². The fraction of sp³-hybridized carbons (Fsp3) is 0.200. The summed E-state index contributed by atoms with van der Waals surface area (Å²) in [6.07, 6.45) is 0. The molecule has 24 heavy (non-hydrogen) atoms. The van der Waals surface area contributed by atoms with Crippen molar-refractivity contribution in [3.63, 3.8) is 0 Å². The third kappa shape index (κ3) is 3.57. The molecule has 0 spiro atoms. The van der Waals surface area contributed by atoms with E-state index in [9.17, 15) is 15.2 Å². The number of aliphatic hydroxyl groups excluding tert-OH is 1. The van der Waals surface area contributed by atoms with Crippen molar-refractivity contribution >= 4 is 34.6 Å². The summed E-state index contributed by atoms with van der Waals surface area (Å²) in [6, 6.07) is 6.34. The minimum Gasteiger partial charge on any atom is -0.493 e. The first-order valence-electron chi connectivity index (χ1n) is 6.74. The highest BCUT2D eigenvalue weighted by Crippen LogP contribution is 2.29. The van der Waals surface area contributed by atoms with Crippen LogP contribution < -0.4 is 5.56 Å². The predicted octanol–water partition coefficient (Wildman–Crippen LogP) is 3.45. The molecule has 0 aliphatic rings. The highest BCUT2D eigenvalue weighted by atomic mass is 35.5. The van der Waals surface area contributed by atoms with E-state index in [1.165, 1.54) is 25.1 Å². The maximum Gasteiger partial charge on any atom is 0.281 e. The van der Waals surface area contributed by atoms with Crippen LogP contribution in [0, 0.1) is 18.3 Å². The van der Waals surface area contributed by atoms with Gasteiger partial charge in [-0.05, 0) is 25.1 Å². The summed E-state index contributed by atoms with van der Waals surface area (Å²) in [6.45, 7) is 0.912. The predicted molar refractivity (Wildman–Crippen MR) is 89.5 cm³/mol. The van der Waals surface area contributed by atoms with E-state index >= 15 is 0 Å². The van der Waals surface area contributed by atoms with E-state index in [1.54, 1.807) is 0 Å². The lowest BCUT2D eigenvalue weighted by Crippen LogP contribution is -2.23. The number of hydrogen-bond donors (Lipinski definition) is 2. The Balaban J connectivity index is 2.61. The standard InChI is InChI=1S/C15H12Cl2N4O3/c1-8-12(7-18)14(23)21(2-3-22)15(24)13(8)20-19-11-5-9(16)4-10(17)6-11/h4-6,22-23H,2-3H2,1H3. The average Bonchev–Trinajstić information content (AvgIpc) is 2.51. The van der Waals surface area contributed by atoms with E-state index in [1.807, 2.05) is 6.07 Å². The van der Waals surface area contributed by atoms with Gasteiger partial charge in [0.25, 0.3) is 5.56 Å². The van der Waals surface area contributed by atoms with Crippen molar-refractivity contribution in [1.29, 1.82) is 5.26 Å². The Kier molecular flexibility index (Phi) is 5.57. The number of nitriles is 1. The first-order valence-corrected chi connectivity index (χ1v) is 7.49. The minimum absolute atomic E-state index is 0.110. The second-order valence-electron chi connectivity index (χ2n) is 4.79. The molecule has 0 saturated heterocycles. The van der Waals surface area contributed by atoms with Crippen LogP contribution in [-0.2, 0) is 6.54 Å². The summed E-state index contributed by atoms with van der Waals surface area (Å²) in [5, 5.41) is 36.7. The monoisotopic (exact) mass is 366 g/mol. The number of aliphatic hydroxyl groups is 1. The zero-order chi connectivity index (χ0) is 17.9. The molecule has 0 aliphatic heterocycles. The van der Waals surface area contributed by atoms with Gasteiger partial charge in [0.2, 0.25) is 5.88 Å². The molecule has 0 unspecified atom stereocenters. The summed E-state index contributed by atoms with van der Waals surface area (Å²) in [4.78, 5) is 12.4. The molecule has 0 fully saturated rings. The maximum atomic E-state index is 12.4. The highest BCUT2D eigenvalue weighted by Gasteiger charge is 2.18. The fourth-order valence-corrected chi connectivity index (χ4v) is 2.58. The largest absolute Gasteiger partial charge is 0.493 e. The van der Waals surface area contributed by atoms with Crippen LogP contribution in [0.15, 0.2) is 33.2 Å². The maximum absolute atomic E-state index is 12.4. The molecule has 1 heterocycles. The van der Waals surface area contributed by atoms with Crippen LogP contribution in [0.1, 0.15) is 11.1 Å². The molecule has 0 saturated carbocycles. The van der Waals surface area contributed by atoms with Gasteiger partial charge in [-0.2, -0.15) is 10.4 Å². The minimum atomic E-state index is -0.671. The Labute approximate surface area is 147 Å². The molecule has 2 aromatic rings. The third-order valence-electron chi connectivity index (χ3n) is 3.21. The molecule has 9 heteroatoms. The lowest BCUT2D eigenvalue weighted by molar-refractivity contribution is 0.263. The zero-order valence-electron chi connectivity index (χ0n) is 12.5. The number of pyridine rings is 1. The zero-order valence-corrected chi connectivity index (χ0v) is 14.0. The summed E-state index contributed by atoms with van der Waals surface area (Å²) in [5.41, 5.74) is -0.386. The van der Waals surface area contributed by atoms with E-state index < -0.39 is 11.4 Å². The van der Waals surface area contributed by atoms with Gasteiger partial charge in [-0.25, -0.2) is 0 Å². The van der Waals surface area contributed by atoms with Crippen LogP contribution in [0.2, 0.25) is 10.0 Å². The Morgan fingerprint density at radius 1 is 1.25 bits per heavy atom. The van der Waals surface area contributed by atoms with Crippen molar-refractivity contribution in [1.82, 2.24) is 4.57 Å². The van der Waals surface area contributed by atoms with Crippen LogP contribution in [-0.4, -0.2) is 21.4 Å². The molecule has 0 amide bonds. The Hall–Kier alpha value is -2.40. The van der Waals surface area contributed by atoms with Crippen molar-refractivity contribution in [3.05, 3.63) is 49.7 Å². The van der Waals surface area contributed by atoms with Crippen molar-refractivity contribution in [2.24, 2.45) is 10.2 Å². The van der Waals surface area contributed by atoms with Crippen molar-refractivity contribution in [3.8, 4) is 11.9 Å². The van der Waals surface area contributed by atoms with Crippen LogP contribution in [0.4, 0.5) is 11.4 Å². The van der Waals surface area contributed by atoms with Gasteiger partial charge in [-0.1, -0.05) is 23.2 Å². The normalized spacial score (nSPS) is 11.0. The average molecular weight is 367 g/mol. The molecule has 1 aromatic carbocycles. The summed E-state index contributed by atoms with van der Waals surface area (Å²) >= 11 is 11.7. The van der Waals surface area contributed by atoms with E-state index in [0.29, 0.717) is 15.7 Å². The third-order valence-corrected chi connectivity index (χ3v) is 3.64. The summed E-state index contributed by atoms with van der Waals surface area (Å²) in [5.74, 6) is -0.515. The van der Waals surface area contributed by atoms with E-state index in [0.717, 1.165) is 4.57 Å². The van der Waals surface area contributed by atoms with Crippen molar-refractivity contribution < 1.29 is 10.2 Å². The fourth-order valence-electron chi connectivity index (χ4n) is 2.07. The second-order valence-corrected chi connectivity index (χ2v) is 5.66. The van der Waals surface area contributed by atoms with Gasteiger partial charge in [-0.3, -0.25) is 9.36 Å². The number of halogens is 2. The molecule has 7 nitrogen and oxygen atoms in total. The van der Waals surface area contributed by atoms with Crippen LogP contribution >= 0.6 is 23.2 Å². The molecule has 2 rings (SSSR count). The molecule has 0 bridgehead atoms. The lowest BCUT2D eigenvalue weighted by Gasteiger charge is -2.11. The van der Waals surface area contributed by atoms with E-state index in [-0.39, 0.29) is 30.0 Å². The number of nitrogens with zero attached hydrogens (tertiary/aromatic N) is 4. The first kappa shape index (κ1) is 17.9. The number of hydrogen-bond acceptors (Lipinski definition) is 6. The summed E-state index contributed by atoms with van der Waals surface area (Å²) < 4.78 is 0.866. The Morgan fingerprint density at radius 3 is 2.42 bits per heavy atom. The Bertz CT molecular complexity index is 896. The smallest absolute Gasteiger partial charge is 0.281 e. The van der Waals surface area contributed by atoms with Gasteiger partial charge in [0.05, 0.1) is 18.8 Å².